The number of carbonyl (C=O) groups is 1. The van der Waals surface area contributed by atoms with Crippen molar-refractivity contribution >= 4 is 23.2 Å². The zero-order chi connectivity index (χ0) is 13.8. The lowest BCUT2D eigenvalue weighted by Gasteiger charge is -2.20. The van der Waals surface area contributed by atoms with E-state index in [1.807, 2.05) is 12.1 Å². The number of anilines is 1. The number of likely N-dealkylation sites (tertiary alicyclic amines) is 1. The summed E-state index contributed by atoms with van der Waals surface area (Å²) in [6.45, 7) is 4.11. The maximum atomic E-state index is 12.0. The summed E-state index contributed by atoms with van der Waals surface area (Å²) in [5, 5.41) is 3.41. The van der Waals surface area contributed by atoms with E-state index in [2.05, 4.69) is 17.1 Å². The zero-order valence-corrected chi connectivity index (χ0v) is 11.9. The summed E-state index contributed by atoms with van der Waals surface area (Å²) < 4.78 is 0. The van der Waals surface area contributed by atoms with Crippen molar-refractivity contribution in [2.24, 2.45) is 11.7 Å². The molecule has 19 heavy (non-hydrogen) atoms. The number of nitrogens with zero attached hydrogens (tertiary/aromatic N) is 1. The largest absolute Gasteiger partial charge is 0.330 e. The number of hydrogen-bond acceptors (Lipinski definition) is 3. The lowest BCUT2D eigenvalue weighted by Crippen LogP contribution is -2.36. The predicted octanol–water partition coefficient (Wildman–Crippen LogP) is 1.95. The van der Waals surface area contributed by atoms with Crippen LogP contribution in [0.25, 0.3) is 0 Å². The van der Waals surface area contributed by atoms with Crippen LogP contribution in [0.2, 0.25) is 5.02 Å². The smallest absolute Gasteiger partial charge is 0.238 e. The van der Waals surface area contributed by atoms with E-state index in [0.29, 0.717) is 35.8 Å². The molecule has 5 heteroatoms. The first kappa shape index (κ1) is 14.3. The fourth-order valence-electron chi connectivity index (χ4n) is 2.55. The van der Waals surface area contributed by atoms with E-state index in [1.165, 1.54) is 0 Å². The molecule has 2 atom stereocenters. The number of nitrogens with one attached hydrogen (secondary N) is 1. The number of halogens is 1. The number of benzene rings is 1. The van der Waals surface area contributed by atoms with Crippen molar-refractivity contribution in [2.45, 2.75) is 19.4 Å². The molecule has 1 aliphatic heterocycles. The van der Waals surface area contributed by atoms with Gasteiger partial charge in [0.15, 0.2) is 0 Å². The van der Waals surface area contributed by atoms with E-state index in [-0.39, 0.29) is 5.91 Å². The van der Waals surface area contributed by atoms with Crippen LogP contribution in [0.3, 0.4) is 0 Å². The van der Waals surface area contributed by atoms with E-state index in [9.17, 15) is 4.79 Å². The van der Waals surface area contributed by atoms with Gasteiger partial charge in [0.1, 0.15) is 0 Å². The van der Waals surface area contributed by atoms with Gasteiger partial charge in [-0.05, 0) is 37.9 Å². The van der Waals surface area contributed by atoms with Crippen molar-refractivity contribution < 1.29 is 4.79 Å². The van der Waals surface area contributed by atoms with Gasteiger partial charge in [-0.15, -0.1) is 0 Å². The molecule has 1 amide bonds. The predicted molar refractivity (Wildman–Crippen MR) is 78.3 cm³/mol. The summed E-state index contributed by atoms with van der Waals surface area (Å²) in [4.78, 5) is 14.2. The SMILES string of the molecule is CC1CC(CN)CN1CC(=O)Nc1ccccc1Cl. The number of carbonyl (C=O) groups excluding carboxylic acids is 1. The first-order valence-electron chi connectivity index (χ1n) is 6.58. The Hall–Kier alpha value is -1.10. The monoisotopic (exact) mass is 281 g/mol. The normalized spacial score (nSPS) is 23.5. The van der Waals surface area contributed by atoms with Gasteiger partial charge in [0.05, 0.1) is 17.3 Å². The summed E-state index contributed by atoms with van der Waals surface area (Å²) in [5.74, 6) is 0.473. The molecule has 1 aliphatic rings. The third-order valence-electron chi connectivity index (χ3n) is 3.62. The van der Waals surface area contributed by atoms with Crippen molar-refractivity contribution in [1.29, 1.82) is 0 Å². The van der Waals surface area contributed by atoms with Crippen LogP contribution in [0.1, 0.15) is 13.3 Å². The van der Waals surface area contributed by atoms with Crippen LogP contribution in [0.4, 0.5) is 5.69 Å². The van der Waals surface area contributed by atoms with Crippen molar-refractivity contribution in [2.75, 3.05) is 25.0 Å². The standard InChI is InChI=1S/C14H20ClN3O/c1-10-6-11(7-16)8-18(10)9-14(19)17-13-5-3-2-4-12(13)15/h2-5,10-11H,6-9,16H2,1H3,(H,17,19). The Balaban J connectivity index is 1.90. The second kappa shape index (κ2) is 6.37. The molecule has 1 saturated heterocycles. The van der Waals surface area contributed by atoms with Gasteiger partial charge in [-0.3, -0.25) is 9.69 Å². The van der Waals surface area contributed by atoms with Gasteiger partial charge in [-0.1, -0.05) is 23.7 Å². The van der Waals surface area contributed by atoms with Crippen LogP contribution in [0.15, 0.2) is 24.3 Å². The molecule has 1 aromatic carbocycles. The number of hydrogen-bond donors (Lipinski definition) is 2. The first-order chi connectivity index (χ1) is 9.10. The van der Waals surface area contributed by atoms with Gasteiger partial charge in [0.2, 0.25) is 5.91 Å². The van der Waals surface area contributed by atoms with Crippen LogP contribution < -0.4 is 11.1 Å². The highest BCUT2D eigenvalue weighted by atomic mass is 35.5. The van der Waals surface area contributed by atoms with E-state index in [4.69, 9.17) is 17.3 Å². The maximum Gasteiger partial charge on any atom is 0.238 e. The second-order valence-corrected chi connectivity index (χ2v) is 5.55. The molecule has 0 aromatic heterocycles. The van der Waals surface area contributed by atoms with E-state index >= 15 is 0 Å². The minimum atomic E-state index is -0.0300. The molecule has 0 radical (unpaired) electrons. The lowest BCUT2D eigenvalue weighted by molar-refractivity contribution is -0.117. The summed E-state index contributed by atoms with van der Waals surface area (Å²) in [6, 6.07) is 7.67. The molecule has 3 N–H and O–H groups in total. The molecular weight excluding hydrogens is 262 g/mol. The van der Waals surface area contributed by atoms with E-state index < -0.39 is 0 Å². The van der Waals surface area contributed by atoms with Gasteiger partial charge in [-0.2, -0.15) is 0 Å². The average molecular weight is 282 g/mol. The molecule has 1 heterocycles. The Kier molecular flexibility index (Phi) is 4.80. The molecule has 4 nitrogen and oxygen atoms in total. The zero-order valence-electron chi connectivity index (χ0n) is 11.1. The van der Waals surface area contributed by atoms with Crippen LogP contribution >= 0.6 is 11.6 Å². The minimum absolute atomic E-state index is 0.0300. The van der Waals surface area contributed by atoms with Crippen molar-refractivity contribution in [3.8, 4) is 0 Å². The minimum Gasteiger partial charge on any atom is -0.330 e. The van der Waals surface area contributed by atoms with Gasteiger partial charge in [-0.25, -0.2) is 0 Å². The fourth-order valence-corrected chi connectivity index (χ4v) is 2.73. The second-order valence-electron chi connectivity index (χ2n) is 5.14. The van der Waals surface area contributed by atoms with Gasteiger partial charge in [0, 0.05) is 12.6 Å². The van der Waals surface area contributed by atoms with Crippen molar-refractivity contribution in [1.82, 2.24) is 4.90 Å². The molecule has 0 saturated carbocycles. The summed E-state index contributed by atoms with van der Waals surface area (Å²) in [5.41, 5.74) is 6.35. The Morgan fingerprint density at radius 1 is 1.53 bits per heavy atom. The summed E-state index contributed by atoms with van der Waals surface area (Å²) in [6.07, 6.45) is 1.07. The quantitative estimate of drug-likeness (QED) is 0.887. The molecule has 1 fully saturated rings. The Morgan fingerprint density at radius 3 is 2.89 bits per heavy atom. The third kappa shape index (κ3) is 3.69. The molecule has 0 bridgehead atoms. The number of para-hydroxylation sites is 1. The van der Waals surface area contributed by atoms with Crippen LogP contribution in [0, 0.1) is 5.92 Å². The highest BCUT2D eigenvalue weighted by Gasteiger charge is 2.29. The molecule has 0 aliphatic carbocycles. The highest BCUT2D eigenvalue weighted by Crippen LogP contribution is 2.23. The van der Waals surface area contributed by atoms with Crippen LogP contribution in [0.5, 0.6) is 0 Å². The molecule has 2 unspecified atom stereocenters. The lowest BCUT2D eigenvalue weighted by atomic mass is 10.1. The Morgan fingerprint density at radius 2 is 2.26 bits per heavy atom. The fraction of sp³-hybridized carbons (Fsp3) is 0.500. The summed E-state index contributed by atoms with van der Waals surface area (Å²) in [7, 11) is 0. The Labute approximate surface area is 118 Å². The molecule has 104 valence electrons. The van der Waals surface area contributed by atoms with Crippen molar-refractivity contribution in [3.63, 3.8) is 0 Å². The first-order valence-corrected chi connectivity index (χ1v) is 6.96. The van der Waals surface area contributed by atoms with Gasteiger partial charge < -0.3 is 11.1 Å². The maximum absolute atomic E-state index is 12.0. The van der Waals surface area contributed by atoms with E-state index in [0.717, 1.165) is 13.0 Å². The van der Waals surface area contributed by atoms with Crippen LogP contribution in [-0.2, 0) is 4.79 Å². The molecule has 2 rings (SSSR count). The molecule has 1 aromatic rings. The molecule has 0 spiro atoms. The van der Waals surface area contributed by atoms with Gasteiger partial charge in [0.25, 0.3) is 0 Å². The van der Waals surface area contributed by atoms with Gasteiger partial charge >= 0.3 is 0 Å². The van der Waals surface area contributed by atoms with Crippen LogP contribution in [-0.4, -0.2) is 36.5 Å². The topological polar surface area (TPSA) is 58.4 Å². The highest BCUT2D eigenvalue weighted by molar-refractivity contribution is 6.33. The van der Waals surface area contributed by atoms with Crippen molar-refractivity contribution in [3.05, 3.63) is 29.3 Å². The number of nitrogens with two attached hydrogens (primary N) is 1. The third-order valence-corrected chi connectivity index (χ3v) is 3.95. The average Bonchev–Trinajstić information content (AvgIpc) is 2.73. The Bertz CT molecular complexity index is 452. The summed E-state index contributed by atoms with van der Waals surface area (Å²) >= 11 is 6.01. The number of rotatable bonds is 4. The van der Waals surface area contributed by atoms with E-state index in [1.54, 1.807) is 12.1 Å². The number of amides is 1. The molecular formula is C14H20ClN3O.